The maximum absolute atomic E-state index is 12.2. The Labute approximate surface area is 138 Å². The second-order valence-corrected chi connectivity index (χ2v) is 5.65. The molecule has 6 nitrogen and oxygen atoms in total. The number of rotatable bonds is 3. The van der Waals surface area contributed by atoms with Gasteiger partial charge < -0.3 is 9.26 Å². The Hall–Kier alpha value is -3.02. The lowest BCUT2D eigenvalue weighted by Gasteiger charge is -2.24. The van der Waals surface area contributed by atoms with Crippen molar-refractivity contribution in [2.45, 2.75) is 25.9 Å². The molecule has 2 aromatic heterocycles. The fourth-order valence-corrected chi connectivity index (χ4v) is 2.70. The van der Waals surface area contributed by atoms with Gasteiger partial charge in [-0.15, -0.1) is 0 Å². The summed E-state index contributed by atoms with van der Waals surface area (Å²) in [6.45, 7) is 2.00. The molecule has 120 valence electrons. The van der Waals surface area contributed by atoms with Gasteiger partial charge in [0.15, 0.2) is 5.78 Å². The largest absolute Gasteiger partial charge is 0.489 e. The number of fused-ring (bicyclic) bond motifs is 1. The van der Waals surface area contributed by atoms with E-state index in [1.54, 1.807) is 30.6 Å². The Balaban J connectivity index is 1.69. The Morgan fingerprint density at radius 3 is 2.96 bits per heavy atom. The second kappa shape index (κ2) is 5.88. The Kier molecular flexibility index (Phi) is 3.57. The molecular weight excluding hydrogens is 306 g/mol. The van der Waals surface area contributed by atoms with E-state index in [0.29, 0.717) is 29.4 Å². The zero-order valence-electron chi connectivity index (χ0n) is 13.1. The number of ketones is 1. The number of Topliss-reactive ketones (excluding diaryl/α,β-unsaturated/α-hetero) is 1. The number of ether oxygens (including phenoxy) is 1. The summed E-state index contributed by atoms with van der Waals surface area (Å²) in [6, 6.07) is 9.02. The van der Waals surface area contributed by atoms with Crippen LogP contribution in [0.25, 0.3) is 22.8 Å². The van der Waals surface area contributed by atoms with Gasteiger partial charge in [0.1, 0.15) is 11.9 Å². The van der Waals surface area contributed by atoms with Gasteiger partial charge in [0.25, 0.3) is 5.89 Å². The maximum Gasteiger partial charge on any atom is 0.258 e. The molecule has 4 rings (SSSR count). The van der Waals surface area contributed by atoms with E-state index in [1.807, 2.05) is 19.1 Å². The first-order valence-corrected chi connectivity index (χ1v) is 7.83. The molecule has 24 heavy (non-hydrogen) atoms. The van der Waals surface area contributed by atoms with Gasteiger partial charge in [0.05, 0.1) is 5.56 Å². The standard InChI is InChI=1S/C18H15N3O3/c1-2-13-9-15(22)14-6-5-11(8-16(14)23-13)18-20-17(21-24-18)12-4-3-7-19-10-12/h3-8,10,13H,2,9H2,1H3. The van der Waals surface area contributed by atoms with E-state index < -0.39 is 0 Å². The molecule has 0 spiro atoms. The first-order chi connectivity index (χ1) is 11.7. The number of nitrogens with zero attached hydrogens (tertiary/aromatic N) is 3. The molecule has 1 aliphatic rings. The van der Waals surface area contributed by atoms with Gasteiger partial charge >= 0.3 is 0 Å². The van der Waals surface area contributed by atoms with Crippen LogP contribution in [0.15, 0.2) is 47.2 Å². The molecular formula is C18H15N3O3. The van der Waals surface area contributed by atoms with Crippen molar-refractivity contribution in [3.63, 3.8) is 0 Å². The highest BCUT2D eigenvalue weighted by atomic mass is 16.5. The molecule has 0 amide bonds. The van der Waals surface area contributed by atoms with Gasteiger partial charge in [-0.25, -0.2) is 0 Å². The Morgan fingerprint density at radius 1 is 1.25 bits per heavy atom. The third-order valence-corrected chi connectivity index (χ3v) is 4.04. The van der Waals surface area contributed by atoms with Gasteiger partial charge in [-0.1, -0.05) is 12.1 Å². The number of hydrogen-bond donors (Lipinski definition) is 0. The Morgan fingerprint density at radius 2 is 2.17 bits per heavy atom. The molecule has 0 aliphatic carbocycles. The maximum atomic E-state index is 12.2. The monoisotopic (exact) mass is 321 g/mol. The van der Waals surface area contributed by atoms with E-state index in [-0.39, 0.29) is 11.9 Å². The summed E-state index contributed by atoms with van der Waals surface area (Å²) in [4.78, 5) is 20.6. The summed E-state index contributed by atoms with van der Waals surface area (Å²) in [7, 11) is 0. The van der Waals surface area contributed by atoms with Gasteiger partial charge in [0.2, 0.25) is 5.82 Å². The summed E-state index contributed by atoms with van der Waals surface area (Å²) < 4.78 is 11.2. The first-order valence-electron chi connectivity index (χ1n) is 7.83. The number of carbonyl (C=O) groups excluding carboxylic acids is 1. The van der Waals surface area contributed by atoms with Gasteiger partial charge in [-0.3, -0.25) is 9.78 Å². The highest BCUT2D eigenvalue weighted by Crippen LogP contribution is 2.33. The van der Waals surface area contributed by atoms with Crippen LogP contribution in [-0.4, -0.2) is 27.0 Å². The lowest BCUT2D eigenvalue weighted by Crippen LogP contribution is -2.26. The lowest BCUT2D eigenvalue weighted by atomic mass is 9.98. The smallest absolute Gasteiger partial charge is 0.258 e. The van der Waals surface area contributed by atoms with Crippen molar-refractivity contribution in [2.24, 2.45) is 0 Å². The van der Waals surface area contributed by atoms with Crippen LogP contribution < -0.4 is 4.74 Å². The van der Waals surface area contributed by atoms with Gasteiger partial charge in [-0.05, 0) is 36.8 Å². The van der Waals surface area contributed by atoms with Crippen LogP contribution >= 0.6 is 0 Å². The average Bonchev–Trinajstić information content (AvgIpc) is 3.12. The molecule has 1 aliphatic heterocycles. The zero-order chi connectivity index (χ0) is 16.5. The predicted octanol–water partition coefficient (Wildman–Crippen LogP) is 3.54. The van der Waals surface area contributed by atoms with E-state index in [0.717, 1.165) is 17.5 Å². The third kappa shape index (κ3) is 2.56. The first kappa shape index (κ1) is 14.6. The normalized spacial score (nSPS) is 16.5. The molecule has 0 N–H and O–H groups in total. The molecule has 0 fully saturated rings. The number of benzene rings is 1. The van der Waals surface area contributed by atoms with E-state index in [1.165, 1.54) is 0 Å². The number of aromatic nitrogens is 3. The molecule has 0 saturated carbocycles. The van der Waals surface area contributed by atoms with Gasteiger partial charge in [-0.2, -0.15) is 4.98 Å². The second-order valence-electron chi connectivity index (χ2n) is 5.65. The van der Waals surface area contributed by atoms with Crippen LogP contribution in [0.5, 0.6) is 5.75 Å². The fourth-order valence-electron chi connectivity index (χ4n) is 2.70. The highest BCUT2D eigenvalue weighted by Gasteiger charge is 2.26. The number of pyridine rings is 1. The molecule has 6 heteroatoms. The average molecular weight is 321 g/mol. The molecule has 1 atom stereocenters. The Bertz CT molecular complexity index is 890. The van der Waals surface area contributed by atoms with Crippen molar-refractivity contribution in [3.05, 3.63) is 48.3 Å². The third-order valence-electron chi connectivity index (χ3n) is 4.04. The van der Waals surface area contributed by atoms with E-state index in [4.69, 9.17) is 9.26 Å². The molecule has 1 aromatic carbocycles. The van der Waals surface area contributed by atoms with Crippen LogP contribution in [0.4, 0.5) is 0 Å². The summed E-state index contributed by atoms with van der Waals surface area (Å²) >= 11 is 0. The molecule has 0 radical (unpaired) electrons. The van der Waals surface area contributed by atoms with Crippen molar-refractivity contribution < 1.29 is 14.1 Å². The molecule has 3 aromatic rings. The van der Waals surface area contributed by atoms with Crippen molar-refractivity contribution in [1.82, 2.24) is 15.1 Å². The summed E-state index contributed by atoms with van der Waals surface area (Å²) in [5.74, 6) is 1.54. The van der Waals surface area contributed by atoms with Crippen molar-refractivity contribution in [1.29, 1.82) is 0 Å². The summed E-state index contributed by atoms with van der Waals surface area (Å²) in [5, 5.41) is 3.99. The fraction of sp³-hybridized carbons (Fsp3) is 0.222. The molecule has 0 saturated heterocycles. The van der Waals surface area contributed by atoms with Crippen LogP contribution in [0.3, 0.4) is 0 Å². The lowest BCUT2D eigenvalue weighted by molar-refractivity contribution is 0.0846. The van der Waals surface area contributed by atoms with Crippen LogP contribution in [0.1, 0.15) is 30.1 Å². The summed E-state index contributed by atoms with van der Waals surface area (Å²) in [6.07, 6.45) is 4.51. The van der Waals surface area contributed by atoms with Crippen LogP contribution in [-0.2, 0) is 0 Å². The van der Waals surface area contributed by atoms with Gasteiger partial charge in [0, 0.05) is 29.9 Å². The quantitative estimate of drug-likeness (QED) is 0.734. The van der Waals surface area contributed by atoms with E-state index >= 15 is 0 Å². The van der Waals surface area contributed by atoms with Crippen LogP contribution in [0.2, 0.25) is 0 Å². The van der Waals surface area contributed by atoms with E-state index in [2.05, 4.69) is 15.1 Å². The SMILES string of the molecule is CCC1CC(=O)c2ccc(-c3nc(-c4cccnc4)no3)cc2O1. The summed E-state index contributed by atoms with van der Waals surface area (Å²) in [5.41, 5.74) is 2.11. The van der Waals surface area contributed by atoms with Crippen LogP contribution in [0, 0.1) is 0 Å². The number of hydrogen-bond acceptors (Lipinski definition) is 6. The molecule has 1 unspecified atom stereocenters. The van der Waals surface area contributed by atoms with Crippen molar-refractivity contribution in [2.75, 3.05) is 0 Å². The van der Waals surface area contributed by atoms with Crippen molar-refractivity contribution >= 4 is 5.78 Å². The minimum atomic E-state index is -0.0751. The molecule has 3 heterocycles. The zero-order valence-corrected chi connectivity index (χ0v) is 13.1. The predicted molar refractivity (Wildman–Crippen MR) is 86.6 cm³/mol. The minimum absolute atomic E-state index is 0.0751. The topological polar surface area (TPSA) is 78.1 Å². The molecule has 0 bridgehead atoms. The number of carbonyl (C=O) groups is 1. The minimum Gasteiger partial charge on any atom is -0.489 e. The van der Waals surface area contributed by atoms with E-state index in [9.17, 15) is 4.79 Å². The van der Waals surface area contributed by atoms with Crippen molar-refractivity contribution in [3.8, 4) is 28.6 Å². The highest BCUT2D eigenvalue weighted by molar-refractivity contribution is 6.00.